The predicted octanol–water partition coefficient (Wildman–Crippen LogP) is 1.53. The Bertz CT molecular complexity index is 617. The van der Waals surface area contributed by atoms with E-state index in [9.17, 15) is 4.79 Å². The van der Waals surface area contributed by atoms with Gasteiger partial charge in [-0.2, -0.15) is 0 Å². The lowest BCUT2D eigenvalue weighted by molar-refractivity contribution is 0.730. The van der Waals surface area contributed by atoms with Gasteiger partial charge in [-0.25, -0.2) is 4.98 Å². The van der Waals surface area contributed by atoms with E-state index < -0.39 is 0 Å². The Labute approximate surface area is 107 Å². The Morgan fingerprint density at radius 2 is 2.41 bits per heavy atom. The topological polar surface area (TPSA) is 46.4 Å². The van der Waals surface area contributed by atoms with Crippen molar-refractivity contribution in [2.24, 2.45) is 0 Å². The highest BCUT2D eigenvalue weighted by molar-refractivity contribution is 9.10. The lowest BCUT2D eigenvalue weighted by atomic mass is 10.1. The molecule has 0 aliphatic carbocycles. The van der Waals surface area contributed by atoms with E-state index in [0.717, 1.165) is 29.7 Å². The van der Waals surface area contributed by atoms with E-state index in [1.54, 1.807) is 16.7 Å². The van der Waals surface area contributed by atoms with Crippen LogP contribution in [0.5, 0.6) is 0 Å². The minimum atomic E-state index is -0.0156. The van der Waals surface area contributed by atoms with Crippen LogP contribution in [0.2, 0.25) is 0 Å². The number of pyridine rings is 1. The first-order valence-electron chi connectivity index (χ1n) is 5.64. The lowest BCUT2D eigenvalue weighted by Gasteiger charge is -2.09. The fourth-order valence-corrected chi connectivity index (χ4v) is 2.66. The number of hydrogen-bond acceptors (Lipinski definition) is 3. The summed E-state index contributed by atoms with van der Waals surface area (Å²) in [5.41, 5.74) is 1.58. The smallest absolute Gasteiger partial charge is 0.258 e. The molecule has 2 aromatic heterocycles. The SMILES string of the molecule is O=c1cc(C2CCNC2)nc2c(Br)cccn12. The Balaban J connectivity index is 2.22. The van der Waals surface area contributed by atoms with E-state index in [1.807, 2.05) is 12.1 Å². The highest BCUT2D eigenvalue weighted by Gasteiger charge is 2.19. The highest BCUT2D eigenvalue weighted by Crippen LogP contribution is 2.21. The molecule has 1 aliphatic heterocycles. The predicted molar refractivity (Wildman–Crippen MR) is 69.4 cm³/mol. The summed E-state index contributed by atoms with van der Waals surface area (Å²) in [6.07, 6.45) is 2.79. The average molecular weight is 294 g/mol. The number of nitrogens with zero attached hydrogens (tertiary/aromatic N) is 2. The van der Waals surface area contributed by atoms with Gasteiger partial charge in [0.25, 0.3) is 5.56 Å². The van der Waals surface area contributed by atoms with Crippen LogP contribution >= 0.6 is 15.9 Å². The van der Waals surface area contributed by atoms with Crippen LogP contribution in [-0.4, -0.2) is 22.5 Å². The normalized spacial score (nSPS) is 19.9. The molecular weight excluding hydrogens is 282 g/mol. The molecule has 0 saturated carbocycles. The van der Waals surface area contributed by atoms with Gasteiger partial charge in [0.05, 0.1) is 10.2 Å². The maximum Gasteiger partial charge on any atom is 0.258 e. The molecule has 0 spiro atoms. The van der Waals surface area contributed by atoms with Crippen molar-refractivity contribution in [1.82, 2.24) is 14.7 Å². The summed E-state index contributed by atoms with van der Waals surface area (Å²) in [7, 11) is 0. The molecule has 2 aromatic rings. The molecule has 1 atom stereocenters. The van der Waals surface area contributed by atoms with Crippen molar-refractivity contribution in [2.75, 3.05) is 13.1 Å². The first kappa shape index (κ1) is 10.9. The Hall–Kier alpha value is -1.20. The third-order valence-corrected chi connectivity index (χ3v) is 3.76. The van der Waals surface area contributed by atoms with Crippen LogP contribution in [-0.2, 0) is 0 Å². The van der Waals surface area contributed by atoms with Crippen LogP contribution in [0.4, 0.5) is 0 Å². The molecule has 0 aromatic carbocycles. The van der Waals surface area contributed by atoms with Crippen LogP contribution in [0, 0.1) is 0 Å². The molecule has 88 valence electrons. The summed E-state index contributed by atoms with van der Waals surface area (Å²) in [6.45, 7) is 1.91. The van der Waals surface area contributed by atoms with Gasteiger partial charge < -0.3 is 5.32 Å². The van der Waals surface area contributed by atoms with Crippen molar-refractivity contribution in [2.45, 2.75) is 12.3 Å². The van der Waals surface area contributed by atoms with E-state index in [2.05, 4.69) is 26.2 Å². The van der Waals surface area contributed by atoms with Gasteiger partial charge in [-0.05, 0) is 41.0 Å². The zero-order valence-corrected chi connectivity index (χ0v) is 10.8. The van der Waals surface area contributed by atoms with Gasteiger partial charge in [-0.1, -0.05) is 0 Å². The second-order valence-corrected chi connectivity index (χ2v) is 5.11. The van der Waals surface area contributed by atoms with Crippen molar-refractivity contribution in [1.29, 1.82) is 0 Å². The van der Waals surface area contributed by atoms with E-state index >= 15 is 0 Å². The van der Waals surface area contributed by atoms with Crippen LogP contribution in [0.25, 0.3) is 5.65 Å². The lowest BCUT2D eigenvalue weighted by Crippen LogP contribution is -2.18. The molecule has 1 N–H and O–H groups in total. The summed E-state index contributed by atoms with van der Waals surface area (Å²) in [5.74, 6) is 0.361. The second kappa shape index (κ2) is 4.23. The number of nitrogens with one attached hydrogen (secondary N) is 1. The molecule has 3 heterocycles. The van der Waals surface area contributed by atoms with Gasteiger partial charge in [0.2, 0.25) is 0 Å². The Kier molecular flexibility index (Phi) is 2.72. The first-order chi connectivity index (χ1) is 8.25. The standard InChI is InChI=1S/C12H12BrN3O/c13-9-2-1-5-16-11(17)6-10(15-12(9)16)8-3-4-14-7-8/h1-2,5-6,8,14H,3-4,7H2. The largest absolute Gasteiger partial charge is 0.316 e. The van der Waals surface area contributed by atoms with Crippen LogP contribution in [0.15, 0.2) is 33.7 Å². The molecule has 0 radical (unpaired) electrons. The Morgan fingerprint density at radius 1 is 1.53 bits per heavy atom. The summed E-state index contributed by atoms with van der Waals surface area (Å²) >= 11 is 3.44. The Morgan fingerprint density at radius 3 is 3.18 bits per heavy atom. The monoisotopic (exact) mass is 293 g/mol. The fourth-order valence-electron chi connectivity index (χ4n) is 2.23. The molecule has 0 bridgehead atoms. The molecule has 1 fully saturated rings. The number of fused-ring (bicyclic) bond motifs is 1. The summed E-state index contributed by atoms with van der Waals surface area (Å²) in [5, 5.41) is 3.29. The molecule has 1 aliphatic rings. The van der Waals surface area contributed by atoms with E-state index in [0.29, 0.717) is 11.6 Å². The van der Waals surface area contributed by atoms with Gasteiger partial charge in [-0.15, -0.1) is 0 Å². The van der Waals surface area contributed by atoms with Gasteiger partial charge >= 0.3 is 0 Å². The van der Waals surface area contributed by atoms with Crippen molar-refractivity contribution < 1.29 is 0 Å². The third kappa shape index (κ3) is 1.89. The number of halogens is 1. The van der Waals surface area contributed by atoms with Crippen molar-refractivity contribution in [3.8, 4) is 0 Å². The van der Waals surface area contributed by atoms with E-state index in [1.165, 1.54) is 0 Å². The molecule has 17 heavy (non-hydrogen) atoms. The molecule has 3 rings (SSSR count). The third-order valence-electron chi connectivity index (χ3n) is 3.14. The summed E-state index contributed by atoms with van der Waals surface area (Å²) in [6, 6.07) is 5.38. The van der Waals surface area contributed by atoms with Crippen LogP contribution in [0.3, 0.4) is 0 Å². The quantitative estimate of drug-likeness (QED) is 0.867. The molecule has 0 amide bonds. The molecule has 5 heteroatoms. The molecule has 4 nitrogen and oxygen atoms in total. The minimum absolute atomic E-state index is 0.0156. The number of aromatic nitrogens is 2. The summed E-state index contributed by atoms with van der Waals surface area (Å²) < 4.78 is 2.42. The minimum Gasteiger partial charge on any atom is -0.316 e. The molecular formula is C12H12BrN3O. The van der Waals surface area contributed by atoms with Crippen LogP contribution < -0.4 is 10.9 Å². The van der Waals surface area contributed by atoms with E-state index in [4.69, 9.17) is 0 Å². The molecule has 1 saturated heterocycles. The summed E-state index contributed by atoms with van der Waals surface area (Å²) in [4.78, 5) is 16.6. The van der Waals surface area contributed by atoms with Crippen molar-refractivity contribution >= 4 is 21.6 Å². The zero-order chi connectivity index (χ0) is 11.8. The van der Waals surface area contributed by atoms with Crippen molar-refractivity contribution in [3.05, 3.63) is 44.9 Å². The van der Waals surface area contributed by atoms with Gasteiger partial charge in [-0.3, -0.25) is 9.20 Å². The maximum absolute atomic E-state index is 12.0. The number of rotatable bonds is 1. The van der Waals surface area contributed by atoms with Crippen molar-refractivity contribution in [3.63, 3.8) is 0 Å². The fraction of sp³-hybridized carbons (Fsp3) is 0.333. The number of hydrogen-bond donors (Lipinski definition) is 1. The maximum atomic E-state index is 12.0. The average Bonchev–Trinajstić information content (AvgIpc) is 2.84. The van der Waals surface area contributed by atoms with Gasteiger partial charge in [0, 0.05) is 24.7 Å². The second-order valence-electron chi connectivity index (χ2n) is 4.26. The molecule has 1 unspecified atom stereocenters. The first-order valence-corrected chi connectivity index (χ1v) is 6.43. The van der Waals surface area contributed by atoms with Crippen LogP contribution in [0.1, 0.15) is 18.0 Å². The van der Waals surface area contributed by atoms with Gasteiger partial charge in [0.1, 0.15) is 0 Å². The zero-order valence-electron chi connectivity index (χ0n) is 9.19. The van der Waals surface area contributed by atoms with E-state index in [-0.39, 0.29) is 5.56 Å². The highest BCUT2D eigenvalue weighted by atomic mass is 79.9. The van der Waals surface area contributed by atoms with Gasteiger partial charge in [0.15, 0.2) is 5.65 Å².